The monoisotopic (exact) mass is 208 g/mol. The third kappa shape index (κ3) is 2.95. The summed E-state index contributed by atoms with van der Waals surface area (Å²) in [4.78, 5) is 0. The fourth-order valence-electron chi connectivity index (χ4n) is 2.53. The van der Waals surface area contributed by atoms with Crippen molar-refractivity contribution in [3.05, 3.63) is 0 Å². The first-order valence-electron chi connectivity index (χ1n) is 6.33. The van der Waals surface area contributed by atoms with Crippen LogP contribution in [0.15, 0.2) is 0 Å². The third-order valence-corrected chi connectivity index (χ3v) is 3.81. The minimum Gasteiger partial charge on any atom is -0.296 e. The molecule has 1 N–H and O–H groups in total. The van der Waals surface area contributed by atoms with Crippen LogP contribution in [0.2, 0.25) is 0 Å². The molecule has 1 unspecified atom stereocenters. The zero-order valence-corrected chi connectivity index (χ0v) is 10.3. The van der Waals surface area contributed by atoms with Crippen molar-refractivity contribution >= 4 is 0 Å². The van der Waals surface area contributed by atoms with Crippen LogP contribution in [0.1, 0.15) is 59.3 Å². The van der Waals surface area contributed by atoms with Crippen LogP contribution < -0.4 is 5.32 Å². The average Bonchev–Trinajstić information content (AvgIpc) is 2.27. The average molecular weight is 208 g/mol. The Bertz CT molecular complexity index is 223. The van der Waals surface area contributed by atoms with Gasteiger partial charge in [0.25, 0.3) is 0 Å². The van der Waals surface area contributed by atoms with Crippen LogP contribution in [-0.2, 0) is 0 Å². The predicted octanol–water partition coefficient (Wildman–Crippen LogP) is 3.24. The summed E-state index contributed by atoms with van der Waals surface area (Å²) in [7, 11) is 0. The number of rotatable bonds is 4. The highest BCUT2D eigenvalue weighted by molar-refractivity contribution is 5.09. The topological polar surface area (TPSA) is 35.8 Å². The van der Waals surface area contributed by atoms with Crippen LogP contribution in [0, 0.1) is 17.2 Å². The Balaban J connectivity index is 2.61. The van der Waals surface area contributed by atoms with Gasteiger partial charge in [-0.3, -0.25) is 5.32 Å². The van der Waals surface area contributed by atoms with Crippen LogP contribution in [0.5, 0.6) is 0 Å². The highest BCUT2D eigenvalue weighted by Gasteiger charge is 2.34. The minimum absolute atomic E-state index is 0.304. The summed E-state index contributed by atoms with van der Waals surface area (Å²) in [5.74, 6) is 0.384. The van der Waals surface area contributed by atoms with E-state index in [9.17, 15) is 5.26 Å². The molecule has 2 nitrogen and oxygen atoms in total. The summed E-state index contributed by atoms with van der Waals surface area (Å²) >= 11 is 0. The Morgan fingerprint density at radius 2 is 1.93 bits per heavy atom. The van der Waals surface area contributed by atoms with E-state index >= 15 is 0 Å². The van der Waals surface area contributed by atoms with E-state index in [1.807, 2.05) is 0 Å². The maximum Gasteiger partial charge on any atom is 0.109 e. The van der Waals surface area contributed by atoms with E-state index in [1.54, 1.807) is 0 Å². The maximum atomic E-state index is 9.37. The summed E-state index contributed by atoms with van der Waals surface area (Å²) in [6, 6.07) is 3.07. The Kier molecular flexibility index (Phi) is 4.60. The summed E-state index contributed by atoms with van der Waals surface area (Å²) in [5, 5.41) is 13.0. The van der Waals surface area contributed by atoms with E-state index in [2.05, 4.69) is 32.2 Å². The van der Waals surface area contributed by atoms with Crippen molar-refractivity contribution in [1.29, 1.82) is 5.26 Å². The van der Waals surface area contributed by atoms with Gasteiger partial charge < -0.3 is 0 Å². The molecule has 1 atom stereocenters. The summed E-state index contributed by atoms with van der Waals surface area (Å²) in [6.07, 6.45) is 7.40. The van der Waals surface area contributed by atoms with Crippen molar-refractivity contribution in [3.8, 4) is 6.07 Å². The van der Waals surface area contributed by atoms with Gasteiger partial charge in [-0.2, -0.15) is 5.26 Å². The highest BCUT2D eigenvalue weighted by atomic mass is 15.0. The molecule has 15 heavy (non-hydrogen) atoms. The lowest BCUT2D eigenvalue weighted by Gasteiger charge is -2.36. The van der Waals surface area contributed by atoms with E-state index in [4.69, 9.17) is 0 Å². The number of hydrogen-bond acceptors (Lipinski definition) is 2. The molecule has 0 aromatic heterocycles. The first-order valence-corrected chi connectivity index (χ1v) is 6.33. The Labute approximate surface area is 94.1 Å². The van der Waals surface area contributed by atoms with E-state index in [0.29, 0.717) is 12.0 Å². The fourth-order valence-corrected chi connectivity index (χ4v) is 2.53. The molecule has 86 valence electrons. The first-order chi connectivity index (χ1) is 7.14. The molecular formula is C13H24N2. The largest absolute Gasteiger partial charge is 0.296 e. The molecule has 1 saturated carbocycles. The number of nitriles is 1. The van der Waals surface area contributed by atoms with Gasteiger partial charge in [0.15, 0.2) is 0 Å². The van der Waals surface area contributed by atoms with Gasteiger partial charge >= 0.3 is 0 Å². The molecule has 2 heteroatoms. The van der Waals surface area contributed by atoms with Crippen molar-refractivity contribution in [1.82, 2.24) is 5.32 Å². The van der Waals surface area contributed by atoms with Gasteiger partial charge in [-0.25, -0.2) is 0 Å². The lowest BCUT2D eigenvalue weighted by atomic mass is 9.83. The molecule has 1 aliphatic rings. The van der Waals surface area contributed by atoms with E-state index in [-0.39, 0.29) is 5.54 Å². The van der Waals surface area contributed by atoms with Gasteiger partial charge in [-0.05, 0) is 25.2 Å². The van der Waals surface area contributed by atoms with Crippen molar-refractivity contribution in [2.45, 2.75) is 70.9 Å². The van der Waals surface area contributed by atoms with Gasteiger partial charge in [-0.1, -0.05) is 40.0 Å². The first kappa shape index (κ1) is 12.5. The van der Waals surface area contributed by atoms with Crippen molar-refractivity contribution in [3.63, 3.8) is 0 Å². The lowest BCUT2D eigenvalue weighted by Crippen LogP contribution is -2.53. The Morgan fingerprint density at radius 1 is 1.33 bits per heavy atom. The molecule has 1 aliphatic carbocycles. The molecule has 0 amide bonds. The van der Waals surface area contributed by atoms with Gasteiger partial charge in [0.05, 0.1) is 6.07 Å². The van der Waals surface area contributed by atoms with E-state index < -0.39 is 0 Å². The smallest absolute Gasteiger partial charge is 0.109 e. The van der Waals surface area contributed by atoms with Gasteiger partial charge in [-0.15, -0.1) is 0 Å². The molecule has 0 aromatic rings. The van der Waals surface area contributed by atoms with E-state index in [1.165, 1.54) is 32.1 Å². The quantitative estimate of drug-likeness (QED) is 0.770. The molecular weight excluding hydrogens is 184 g/mol. The molecule has 0 aromatic carbocycles. The van der Waals surface area contributed by atoms with Gasteiger partial charge in [0, 0.05) is 6.04 Å². The number of nitrogens with zero attached hydrogens (tertiary/aromatic N) is 1. The van der Waals surface area contributed by atoms with Crippen molar-refractivity contribution < 1.29 is 0 Å². The second-order valence-corrected chi connectivity index (χ2v) is 5.07. The van der Waals surface area contributed by atoms with Crippen LogP contribution in [-0.4, -0.2) is 11.6 Å². The lowest BCUT2D eigenvalue weighted by molar-refractivity contribution is 0.235. The molecule has 0 radical (unpaired) electrons. The molecule has 0 heterocycles. The molecule has 0 saturated heterocycles. The van der Waals surface area contributed by atoms with Crippen molar-refractivity contribution in [2.24, 2.45) is 5.92 Å². The minimum atomic E-state index is -0.304. The van der Waals surface area contributed by atoms with Crippen LogP contribution in [0.25, 0.3) is 0 Å². The normalized spacial score (nSPS) is 22.3. The SMILES string of the molecule is CCC(C#N)(NC1CCCCC1)C(C)C. The standard InChI is InChI=1S/C13H24N2/c1-4-13(10-14,11(2)3)15-12-8-6-5-7-9-12/h11-12,15H,4-9H2,1-3H3. The molecule has 0 bridgehead atoms. The van der Waals surface area contributed by atoms with Gasteiger partial charge in [0.1, 0.15) is 5.54 Å². The van der Waals surface area contributed by atoms with Crippen LogP contribution in [0.4, 0.5) is 0 Å². The fraction of sp³-hybridized carbons (Fsp3) is 0.923. The third-order valence-electron chi connectivity index (χ3n) is 3.81. The number of nitrogens with one attached hydrogen (secondary N) is 1. The summed E-state index contributed by atoms with van der Waals surface area (Å²) < 4.78 is 0. The Hall–Kier alpha value is -0.550. The highest BCUT2D eigenvalue weighted by Crippen LogP contribution is 2.25. The molecule has 1 rings (SSSR count). The molecule has 1 fully saturated rings. The summed E-state index contributed by atoms with van der Waals surface area (Å²) in [6.45, 7) is 6.39. The number of hydrogen-bond donors (Lipinski definition) is 1. The zero-order chi connectivity index (χ0) is 11.3. The van der Waals surface area contributed by atoms with Crippen LogP contribution in [0.3, 0.4) is 0 Å². The molecule has 0 aliphatic heterocycles. The molecule has 0 spiro atoms. The Morgan fingerprint density at radius 3 is 2.33 bits per heavy atom. The zero-order valence-electron chi connectivity index (χ0n) is 10.3. The van der Waals surface area contributed by atoms with Crippen LogP contribution >= 0.6 is 0 Å². The van der Waals surface area contributed by atoms with Gasteiger partial charge in [0.2, 0.25) is 0 Å². The maximum absolute atomic E-state index is 9.37. The summed E-state index contributed by atoms with van der Waals surface area (Å²) in [5.41, 5.74) is -0.304. The second-order valence-electron chi connectivity index (χ2n) is 5.07. The predicted molar refractivity (Wildman–Crippen MR) is 63.5 cm³/mol. The second kappa shape index (κ2) is 5.51. The van der Waals surface area contributed by atoms with E-state index in [0.717, 1.165) is 6.42 Å². The van der Waals surface area contributed by atoms with Crippen molar-refractivity contribution in [2.75, 3.05) is 0 Å².